The highest BCUT2D eigenvalue weighted by Gasteiger charge is 2.24. The van der Waals surface area contributed by atoms with Gasteiger partial charge in [0.2, 0.25) is 5.91 Å². The summed E-state index contributed by atoms with van der Waals surface area (Å²) in [6.45, 7) is 10.3. The van der Waals surface area contributed by atoms with Gasteiger partial charge in [-0.25, -0.2) is 0 Å². The van der Waals surface area contributed by atoms with Crippen molar-refractivity contribution >= 4 is 5.91 Å². The zero-order valence-corrected chi connectivity index (χ0v) is 12.4. The molecule has 0 radical (unpaired) electrons. The molecule has 0 saturated carbocycles. The third-order valence-corrected chi connectivity index (χ3v) is 3.70. The lowest BCUT2D eigenvalue weighted by Crippen LogP contribution is -2.48. The van der Waals surface area contributed by atoms with Crippen LogP contribution in [0.3, 0.4) is 0 Å². The Morgan fingerprint density at radius 2 is 2.00 bits per heavy atom. The first-order chi connectivity index (χ1) is 8.54. The van der Waals surface area contributed by atoms with Crippen molar-refractivity contribution in [2.75, 3.05) is 33.2 Å². The number of likely N-dealkylation sites (N-methyl/N-ethyl adjacent to an activating group) is 1. The topological polar surface area (TPSA) is 35.6 Å². The van der Waals surface area contributed by atoms with Crippen LogP contribution >= 0.6 is 0 Å². The van der Waals surface area contributed by atoms with E-state index in [1.54, 1.807) is 0 Å². The minimum absolute atomic E-state index is 0.220. The molecule has 1 fully saturated rings. The van der Waals surface area contributed by atoms with Gasteiger partial charge >= 0.3 is 0 Å². The molecule has 1 rings (SSSR count). The fraction of sp³-hybridized carbons (Fsp3) is 0.929. The molecular formula is C14H29N3O. The fourth-order valence-corrected chi connectivity index (χ4v) is 2.47. The average Bonchev–Trinajstić information content (AvgIpc) is 2.36. The molecule has 1 N–H and O–H groups in total. The summed E-state index contributed by atoms with van der Waals surface area (Å²) in [6.07, 6.45) is 3.45. The maximum Gasteiger partial charge on any atom is 0.236 e. The summed E-state index contributed by atoms with van der Waals surface area (Å²) in [5.41, 5.74) is 0. The van der Waals surface area contributed by atoms with Crippen molar-refractivity contribution in [3.05, 3.63) is 0 Å². The van der Waals surface area contributed by atoms with Gasteiger partial charge in [-0.1, -0.05) is 20.8 Å². The van der Waals surface area contributed by atoms with E-state index in [9.17, 15) is 4.79 Å². The standard InChI is InChI=1S/C14H29N3O/c1-5-8-17-9-6-13(7-10-17)16(4)14(18)11-15-12(2)3/h12-13,15H,5-11H2,1-4H3. The molecule has 1 saturated heterocycles. The van der Waals surface area contributed by atoms with Crippen molar-refractivity contribution < 1.29 is 4.79 Å². The van der Waals surface area contributed by atoms with E-state index in [0.717, 1.165) is 25.9 Å². The number of carbonyl (C=O) groups is 1. The van der Waals surface area contributed by atoms with E-state index in [0.29, 0.717) is 18.6 Å². The Balaban J connectivity index is 2.30. The van der Waals surface area contributed by atoms with Gasteiger partial charge in [-0.2, -0.15) is 0 Å². The van der Waals surface area contributed by atoms with Crippen molar-refractivity contribution in [3.8, 4) is 0 Å². The summed E-state index contributed by atoms with van der Waals surface area (Å²) in [4.78, 5) is 16.4. The van der Waals surface area contributed by atoms with Crippen LogP contribution in [0.2, 0.25) is 0 Å². The van der Waals surface area contributed by atoms with Crippen LogP contribution in [0, 0.1) is 0 Å². The number of nitrogens with one attached hydrogen (secondary N) is 1. The Morgan fingerprint density at radius 3 is 2.50 bits per heavy atom. The summed E-state index contributed by atoms with van der Waals surface area (Å²) >= 11 is 0. The highest BCUT2D eigenvalue weighted by atomic mass is 16.2. The zero-order chi connectivity index (χ0) is 13.5. The second-order valence-electron chi connectivity index (χ2n) is 5.61. The molecule has 1 amide bonds. The zero-order valence-electron chi connectivity index (χ0n) is 12.4. The van der Waals surface area contributed by atoms with Gasteiger partial charge in [-0.05, 0) is 25.8 Å². The number of rotatable bonds is 6. The second kappa shape index (κ2) is 7.74. The van der Waals surface area contributed by atoms with Crippen LogP contribution in [0.1, 0.15) is 40.0 Å². The van der Waals surface area contributed by atoms with E-state index < -0.39 is 0 Å². The van der Waals surface area contributed by atoms with Gasteiger partial charge in [0.1, 0.15) is 0 Å². The Morgan fingerprint density at radius 1 is 1.39 bits per heavy atom. The Labute approximate surface area is 112 Å². The third-order valence-electron chi connectivity index (χ3n) is 3.70. The van der Waals surface area contributed by atoms with Crippen molar-refractivity contribution in [3.63, 3.8) is 0 Å². The lowest BCUT2D eigenvalue weighted by Gasteiger charge is -2.36. The molecule has 1 aliphatic rings. The molecule has 4 nitrogen and oxygen atoms in total. The van der Waals surface area contributed by atoms with Crippen LogP contribution < -0.4 is 5.32 Å². The van der Waals surface area contributed by atoms with Gasteiger partial charge in [0.05, 0.1) is 6.54 Å². The maximum atomic E-state index is 12.0. The molecule has 18 heavy (non-hydrogen) atoms. The Bertz CT molecular complexity index is 247. The predicted octanol–water partition coefficient (Wildman–Crippen LogP) is 1.32. The number of likely N-dealkylation sites (tertiary alicyclic amines) is 1. The summed E-state index contributed by atoms with van der Waals surface area (Å²) in [6, 6.07) is 0.799. The summed E-state index contributed by atoms with van der Waals surface area (Å²) in [7, 11) is 1.95. The highest BCUT2D eigenvalue weighted by molar-refractivity contribution is 5.78. The van der Waals surface area contributed by atoms with E-state index in [2.05, 4.69) is 31.0 Å². The molecule has 4 heteroatoms. The minimum atomic E-state index is 0.220. The smallest absolute Gasteiger partial charge is 0.236 e. The SMILES string of the molecule is CCCN1CCC(N(C)C(=O)CNC(C)C)CC1. The van der Waals surface area contributed by atoms with Gasteiger partial charge in [0.25, 0.3) is 0 Å². The van der Waals surface area contributed by atoms with Crippen molar-refractivity contribution in [1.82, 2.24) is 15.1 Å². The molecule has 1 aliphatic heterocycles. The van der Waals surface area contributed by atoms with E-state index in [4.69, 9.17) is 0 Å². The molecule has 106 valence electrons. The normalized spacial score (nSPS) is 18.3. The van der Waals surface area contributed by atoms with Crippen molar-refractivity contribution in [2.45, 2.75) is 52.1 Å². The van der Waals surface area contributed by atoms with Crippen LogP contribution in [0.4, 0.5) is 0 Å². The van der Waals surface area contributed by atoms with Gasteiger partial charge in [0, 0.05) is 32.2 Å². The molecule has 0 atom stereocenters. The molecule has 0 unspecified atom stereocenters. The number of hydrogen-bond acceptors (Lipinski definition) is 3. The lowest BCUT2D eigenvalue weighted by atomic mass is 10.0. The van der Waals surface area contributed by atoms with Crippen LogP contribution in [-0.2, 0) is 4.79 Å². The molecule has 0 aliphatic carbocycles. The van der Waals surface area contributed by atoms with Crippen LogP contribution in [0.25, 0.3) is 0 Å². The van der Waals surface area contributed by atoms with Crippen molar-refractivity contribution in [1.29, 1.82) is 0 Å². The van der Waals surface area contributed by atoms with E-state index in [1.165, 1.54) is 13.0 Å². The van der Waals surface area contributed by atoms with Crippen molar-refractivity contribution in [2.24, 2.45) is 0 Å². The minimum Gasteiger partial charge on any atom is -0.342 e. The largest absolute Gasteiger partial charge is 0.342 e. The monoisotopic (exact) mass is 255 g/mol. The van der Waals surface area contributed by atoms with Gasteiger partial charge in [-0.3, -0.25) is 4.79 Å². The van der Waals surface area contributed by atoms with Gasteiger partial charge in [-0.15, -0.1) is 0 Å². The summed E-state index contributed by atoms with van der Waals surface area (Å²) in [5.74, 6) is 0.220. The number of nitrogens with zero attached hydrogens (tertiary/aromatic N) is 2. The molecular weight excluding hydrogens is 226 g/mol. The molecule has 0 aromatic rings. The Hall–Kier alpha value is -0.610. The van der Waals surface area contributed by atoms with Gasteiger partial charge in [0.15, 0.2) is 0 Å². The first-order valence-electron chi connectivity index (χ1n) is 7.26. The van der Waals surface area contributed by atoms with Crippen LogP contribution in [0.5, 0.6) is 0 Å². The maximum absolute atomic E-state index is 12.0. The lowest BCUT2D eigenvalue weighted by molar-refractivity contribution is -0.132. The number of piperidine rings is 1. The first-order valence-corrected chi connectivity index (χ1v) is 7.26. The second-order valence-corrected chi connectivity index (χ2v) is 5.61. The summed E-state index contributed by atoms with van der Waals surface area (Å²) < 4.78 is 0. The third kappa shape index (κ3) is 4.94. The molecule has 0 aromatic carbocycles. The van der Waals surface area contributed by atoms with E-state index >= 15 is 0 Å². The molecule has 0 spiro atoms. The number of amides is 1. The number of hydrogen-bond donors (Lipinski definition) is 1. The van der Waals surface area contributed by atoms with E-state index in [1.807, 2.05) is 11.9 Å². The number of carbonyl (C=O) groups excluding carboxylic acids is 1. The fourth-order valence-electron chi connectivity index (χ4n) is 2.47. The van der Waals surface area contributed by atoms with E-state index in [-0.39, 0.29) is 5.91 Å². The quantitative estimate of drug-likeness (QED) is 0.777. The van der Waals surface area contributed by atoms with Gasteiger partial charge < -0.3 is 15.1 Å². The molecule has 0 bridgehead atoms. The predicted molar refractivity (Wildman–Crippen MR) is 75.7 cm³/mol. The Kier molecular flexibility index (Phi) is 6.65. The average molecular weight is 255 g/mol. The highest BCUT2D eigenvalue weighted by Crippen LogP contribution is 2.15. The summed E-state index contributed by atoms with van der Waals surface area (Å²) in [5, 5.41) is 3.19. The molecule has 0 aromatic heterocycles. The first kappa shape index (κ1) is 15.4. The molecule has 1 heterocycles. The van der Waals surface area contributed by atoms with Crippen LogP contribution in [0.15, 0.2) is 0 Å². The van der Waals surface area contributed by atoms with Crippen LogP contribution in [-0.4, -0.2) is 61.0 Å².